The number of amides is 4. The van der Waals surface area contributed by atoms with E-state index in [1.54, 1.807) is 13.8 Å². The van der Waals surface area contributed by atoms with Crippen LogP contribution in [-0.2, 0) is 9.59 Å². The van der Waals surface area contributed by atoms with Gasteiger partial charge in [0.25, 0.3) is 0 Å². The van der Waals surface area contributed by atoms with Crippen LogP contribution in [-0.4, -0.2) is 53.3 Å². The highest BCUT2D eigenvalue weighted by Gasteiger charge is 2.47. The maximum atomic E-state index is 12.2. The van der Waals surface area contributed by atoms with Crippen molar-refractivity contribution < 1.29 is 14.4 Å². The zero-order valence-electron chi connectivity index (χ0n) is 11.7. The Morgan fingerprint density at radius 2 is 1.79 bits per heavy atom. The Balaban J connectivity index is 2.08. The van der Waals surface area contributed by atoms with E-state index in [1.807, 2.05) is 6.92 Å². The van der Waals surface area contributed by atoms with Crippen molar-refractivity contribution in [1.29, 1.82) is 0 Å². The molecular formula is C13H21N3O3. The van der Waals surface area contributed by atoms with E-state index in [-0.39, 0.29) is 6.04 Å². The van der Waals surface area contributed by atoms with E-state index in [4.69, 9.17) is 0 Å². The fourth-order valence-corrected chi connectivity index (χ4v) is 2.58. The van der Waals surface area contributed by atoms with Crippen LogP contribution >= 0.6 is 0 Å². The fraction of sp³-hybridized carbons (Fsp3) is 0.769. The lowest BCUT2D eigenvalue weighted by atomic mass is 9.88. The number of imide groups is 2. The Kier molecular flexibility index (Phi) is 3.62. The second-order valence-corrected chi connectivity index (χ2v) is 5.89. The largest absolute Gasteiger partial charge is 0.330 e. The van der Waals surface area contributed by atoms with E-state index in [0.29, 0.717) is 6.54 Å². The monoisotopic (exact) mass is 267 g/mol. The summed E-state index contributed by atoms with van der Waals surface area (Å²) < 4.78 is 0. The Morgan fingerprint density at radius 1 is 1.21 bits per heavy atom. The third-order valence-electron chi connectivity index (χ3n) is 4.02. The number of barbiturate groups is 1. The molecule has 2 saturated heterocycles. The first-order chi connectivity index (χ1) is 8.84. The molecule has 4 amide bonds. The number of rotatable bonds is 3. The van der Waals surface area contributed by atoms with Gasteiger partial charge in [-0.25, -0.2) is 4.79 Å². The average molecular weight is 267 g/mol. The maximum absolute atomic E-state index is 12.2. The molecule has 0 radical (unpaired) electrons. The van der Waals surface area contributed by atoms with Crippen LogP contribution in [0.1, 0.15) is 33.6 Å². The molecule has 2 rings (SSSR count). The summed E-state index contributed by atoms with van der Waals surface area (Å²) in [6.07, 6.45) is 2.32. The number of hydrogen-bond acceptors (Lipinski definition) is 4. The lowest BCUT2D eigenvalue weighted by Crippen LogP contribution is -2.63. The van der Waals surface area contributed by atoms with Gasteiger partial charge in [0.1, 0.15) is 5.41 Å². The van der Waals surface area contributed by atoms with Crippen molar-refractivity contribution in [3.05, 3.63) is 0 Å². The minimum absolute atomic E-state index is 0.126. The van der Waals surface area contributed by atoms with Gasteiger partial charge < -0.3 is 0 Å². The number of carbonyl (C=O) groups is 3. The molecule has 6 nitrogen and oxygen atoms in total. The molecule has 1 N–H and O–H groups in total. The molecule has 0 aromatic heterocycles. The summed E-state index contributed by atoms with van der Waals surface area (Å²) in [6.45, 7) is 7.45. The standard InChI is InChI=1S/C13H21N3O3/c1-9(15-6-4-5-7-15)8-16-11(18)13(2,3)10(17)14-12(16)19/h9H,4-8H2,1-3H3,(H,14,17,19). The zero-order valence-corrected chi connectivity index (χ0v) is 11.7. The van der Waals surface area contributed by atoms with Gasteiger partial charge >= 0.3 is 6.03 Å². The van der Waals surface area contributed by atoms with Gasteiger partial charge in [-0.15, -0.1) is 0 Å². The first-order valence-electron chi connectivity index (χ1n) is 6.75. The molecule has 0 aromatic carbocycles. The van der Waals surface area contributed by atoms with Crippen LogP contribution in [0.4, 0.5) is 4.79 Å². The van der Waals surface area contributed by atoms with Gasteiger partial charge in [0, 0.05) is 12.6 Å². The molecule has 2 fully saturated rings. The van der Waals surface area contributed by atoms with E-state index in [0.717, 1.165) is 25.9 Å². The Bertz CT molecular complexity index is 413. The maximum Gasteiger partial charge on any atom is 0.330 e. The summed E-state index contributed by atoms with van der Waals surface area (Å²) in [4.78, 5) is 39.1. The highest BCUT2D eigenvalue weighted by atomic mass is 16.2. The molecule has 0 saturated carbocycles. The second kappa shape index (κ2) is 4.92. The SMILES string of the molecule is CC(CN1C(=O)NC(=O)C(C)(C)C1=O)N1CCCC1. The summed E-state index contributed by atoms with van der Waals surface area (Å²) in [5.41, 5.74) is -1.17. The van der Waals surface area contributed by atoms with Crippen LogP contribution in [0.3, 0.4) is 0 Å². The number of likely N-dealkylation sites (tertiary alicyclic amines) is 1. The normalized spacial score (nSPS) is 25.6. The first kappa shape index (κ1) is 14.0. The molecule has 2 aliphatic heterocycles. The minimum Gasteiger partial charge on any atom is -0.299 e. The molecule has 0 spiro atoms. The lowest BCUT2D eigenvalue weighted by Gasteiger charge is -2.37. The zero-order chi connectivity index (χ0) is 14.2. The molecule has 0 aliphatic carbocycles. The minimum atomic E-state index is -1.17. The molecule has 2 aliphatic rings. The van der Waals surface area contributed by atoms with Crippen LogP contribution in [0.25, 0.3) is 0 Å². The van der Waals surface area contributed by atoms with Crippen LogP contribution in [0.5, 0.6) is 0 Å². The molecule has 19 heavy (non-hydrogen) atoms. The van der Waals surface area contributed by atoms with Crippen molar-refractivity contribution in [2.75, 3.05) is 19.6 Å². The topological polar surface area (TPSA) is 69.7 Å². The van der Waals surface area contributed by atoms with Crippen LogP contribution in [0.15, 0.2) is 0 Å². The van der Waals surface area contributed by atoms with E-state index in [9.17, 15) is 14.4 Å². The molecule has 2 heterocycles. The van der Waals surface area contributed by atoms with E-state index in [1.165, 1.54) is 4.90 Å². The Labute approximate surface area is 113 Å². The van der Waals surface area contributed by atoms with Crippen LogP contribution < -0.4 is 5.32 Å². The number of urea groups is 1. The molecular weight excluding hydrogens is 246 g/mol. The van der Waals surface area contributed by atoms with Crippen molar-refractivity contribution in [3.8, 4) is 0 Å². The van der Waals surface area contributed by atoms with Crippen molar-refractivity contribution >= 4 is 17.8 Å². The molecule has 6 heteroatoms. The predicted octanol–water partition coefficient (Wildman–Crippen LogP) is 0.575. The molecule has 0 aromatic rings. The average Bonchev–Trinajstić information content (AvgIpc) is 2.86. The summed E-state index contributed by atoms with van der Waals surface area (Å²) in [5.74, 6) is -0.931. The van der Waals surface area contributed by atoms with Gasteiger partial charge in [-0.1, -0.05) is 0 Å². The first-order valence-corrected chi connectivity index (χ1v) is 6.75. The highest BCUT2D eigenvalue weighted by molar-refractivity contribution is 6.18. The molecule has 1 atom stereocenters. The third kappa shape index (κ3) is 2.49. The summed E-state index contributed by atoms with van der Waals surface area (Å²) in [6, 6.07) is -0.471. The molecule has 106 valence electrons. The smallest absolute Gasteiger partial charge is 0.299 e. The van der Waals surface area contributed by atoms with Crippen molar-refractivity contribution in [1.82, 2.24) is 15.1 Å². The van der Waals surface area contributed by atoms with Crippen LogP contribution in [0, 0.1) is 5.41 Å². The quantitative estimate of drug-likeness (QED) is 0.759. The number of carbonyl (C=O) groups excluding carboxylic acids is 3. The Hall–Kier alpha value is -1.43. The van der Waals surface area contributed by atoms with Gasteiger partial charge in [-0.2, -0.15) is 0 Å². The number of nitrogens with zero attached hydrogens (tertiary/aromatic N) is 2. The number of hydrogen-bond donors (Lipinski definition) is 1. The fourth-order valence-electron chi connectivity index (χ4n) is 2.58. The van der Waals surface area contributed by atoms with E-state index in [2.05, 4.69) is 10.2 Å². The van der Waals surface area contributed by atoms with Gasteiger partial charge in [0.2, 0.25) is 11.8 Å². The van der Waals surface area contributed by atoms with Gasteiger partial charge in [0.05, 0.1) is 0 Å². The highest BCUT2D eigenvalue weighted by Crippen LogP contribution is 2.24. The van der Waals surface area contributed by atoms with Gasteiger partial charge in [-0.3, -0.25) is 24.7 Å². The summed E-state index contributed by atoms with van der Waals surface area (Å²) in [5, 5.41) is 2.25. The van der Waals surface area contributed by atoms with E-state index >= 15 is 0 Å². The van der Waals surface area contributed by atoms with Crippen molar-refractivity contribution in [2.45, 2.75) is 39.7 Å². The molecule has 1 unspecified atom stereocenters. The predicted molar refractivity (Wildman–Crippen MR) is 69.3 cm³/mol. The van der Waals surface area contributed by atoms with E-state index < -0.39 is 23.3 Å². The van der Waals surface area contributed by atoms with Gasteiger partial charge in [0.15, 0.2) is 0 Å². The lowest BCUT2D eigenvalue weighted by molar-refractivity contribution is -0.149. The summed E-state index contributed by atoms with van der Waals surface area (Å²) in [7, 11) is 0. The Morgan fingerprint density at radius 3 is 2.37 bits per heavy atom. The van der Waals surface area contributed by atoms with Crippen LogP contribution in [0.2, 0.25) is 0 Å². The van der Waals surface area contributed by atoms with Crippen molar-refractivity contribution in [2.24, 2.45) is 5.41 Å². The number of nitrogens with one attached hydrogen (secondary N) is 1. The molecule has 0 bridgehead atoms. The van der Waals surface area contributed by atoms with Gasteiger partial charge in [-0.05, 0) is 46.7 Å². The summed E-state index contributed by atoms with van der Waals surface area (Å²) >= 11 is 0. The third-order valence-corrected chi connectivity index (χ3v) is 4.02. The van der Waals surface area contributed by atoms with Crippen molar-refractivity contribution in [3.63, 3.8) is 0 Å². The second-order valence-electron chi connectivity index (χ2n) is 5.89.